The second-order valence-corrected chi connectivity index (χ2v) is 7.34. The van der Waals surface area contributed by atoms with Crippen molar-refractivity contribution >= 4 is 38.6 Å². The molecule has 0 radical (unpaired) electrons. The number of anilines is 1. The second kappa shape index (κ2) is 5.46. The Morgan fingerprint density at radius 2 is 2.21 bits per heavy atom. The average molecular weight is 318 g/mol. The van der Waals surface area contributed by atoms with E-state index in [0.717, 1.165) is 4.88 Å². The van der Waals surface area contributed by atoms with E-state index in [-0.39, 0.29) is 16.5 Å². The molecule has 8 heteroatoms. The molecular weight excluding hydrogens is 306 g/mol. The quantitative estimate of drug-likeness (QED) is 0.846. The summed E-state index contributed by atoms with van der Waals surface area (Å²) in [5.74, 6) is 0. The van der Waals surface area contributed by atoms with Crippen LogP contribution in [0.2, 0.25) is 5.02 Å². The summed E-state index contributed by atoms with van der Waals surface area (Å²) < 4.78 is 26.7. The van der Waals surface area contributed by atoms with E-state index in [1.54, 1.807) is 12.3 Å². The smallest absolute Gasteiger partial charge is 0.242 e. The number of nitrogens with zero attached hydrogens (tertiary/aromatic N) is 1. The lowest BCUT2D eigenvalue weighted by Crippen LogP contribution is -2.23. The zero-order chi connectivity index (χ0) is 14.0. The molecule has 1 aromatic carbocycles. The van der Waals surface area contributed by atoms with E-state index in [0.29, 0.717) is 10.7 Å². The van der Waals surface area contributed by atoms with Crippen LogP contribution >= 0.6 is 22.9 Å². The van der Waals surface area contributed by atoms with Crippen LogP contribution in [-0.2, 0) is 16.6 Å². The van der Waals surface area contributed by atoms with E-state index in [2.05, 4.69) is 9.71 Å². The summed E-state index contributed by atoms with van der Waals surface area (Å²) in [4.78, 5) is 5.09. The monoisotopic (exact) mass is 317 g/mol. The molecule has 0 saturated carbocycles. The van der Waals surface area contributed by atoms with Gasteiger partial charge in [-0.25, -0.2) is 18.1 Å². The highest BCUT2D eigenvalue weighted by Crippen LogP contribution is 2.23. The van der Waals surface area contributed by atoms with Crippen molar-refractivity contribution in [3.05, 3.63) is 39.3 Å². The van der Waals surface area contributed by atoms with Gasteiger partial charge in [0.05, 0.1) is 11.6 Å². The maximum Gasteiger partial charge on any atom is 0.242 e. The summed E-state index contributed by atoms with van der Waals surface area (Å²) in [7, 11) is -3.70. The lowest BCUT2D eigenvalue weighted by Gasteiger charge is -2.07. The Morgan fingerprint density at radius 1 is 1.47 bits per heavy atom. The molecule has 5 nitrogen and oxygen atoms in total. The molecule has 19 heavy (non-hydrogen) atoms. The third-order valence-corrected chi connectivity index (χ3v) is 5.12. The van der Waals surface area contributed by atoms with Gasteiger partial charge in [0.25, 0.3) is 0 Å². The van der Waals surface area contributed by atoms with Crippen LogP contribution in [-0.4, -0.2) is 13.4 Å². The second-order valence-electron chi connectivity index (χ2n) is 3.88. The summed E-state index contributed by atoms with van der Waals surface area (Å²) in [6.45, 7) is 2.04. The fourth-order valence-electron chi connectivity index (χ4n) is 1.44. The van der Waals surface area contributed by atoms with E-state index in [9.17, 15) is 8.42 Å². The van der Waals surface area contributed by atoms with Gasteiger partial charge in [-0.3, -0.25) is 0 Å². The number of thiazole rings is 1. The van der Waals surface area contributed by atoms with Gasteiger partial charge in [0.1, 0.15) is 9.90 Å². The van der Waals surface area contributed by atoms with Gasteiger partial charge in [-0.2, -0.15) is 0 Å². The van der Waals surface area contributed by atoms with Crippen molar-refractivity contribution in [2.45, 2.75) is 18.4 Å². The van der Waals surface area contributed by atoms with Crippen LogP contribution in [0.5, 0.6) is 0 Å². The maximum absolute atomic E-state index is 12.1. The molecule has 0 atom stereocenters. The van der Waals surface area contributed by atoms with Crippen molar-refractivity contribution in [2.24, 2.45) is 0 Å². The summed E-state index contributed by atoms with van der Waals surface area (Å²) in [6, 6.07) is 4.34. The number of sulfonamides is 1. The number of nitrogen functional groups attached to an aromatic ring is 1. The lowest BCUT2D eigenvalue weighted by atomic mass is 10.3. The molecule has 0 unspecified atom stereocenters. The normalized spacial score (nSPS) is 11.7. The Kier molecular flexibility index (Phi) is 4.10. The van der Waals surface area contributed by atoms with Gasteiger partial charge in [0, 0.05) is 16.8 Å². The number of aromatic nitrogens is 1. The van der Waals surface area contributed by atoms with Crippen LogP contribution in [0, 0.1) is 6.92 Å². The van der Waals surface area contributed by atoms with E-state index in [1.165, 1.54) is 23.5 Å². The summed E-state index contributed by atoms with van der Waals surface area (Å²) in [5, 5.41) is 0.832. The predicted octanol–water partition coefficient (Wildman–Crippen LogP) is 2.17. The molecule has 0 fully saturated rings. The van der Waals surface area contributed by atoms with Gasteiger partial charge in [-0.1, -0.05) is 11.6 Å². The van der Waals surface area contributed by atoms with Crippen molar-refractivity contribution in [1.82, 2.24) is 9.71 Å². The molecule has 0 amide bonds. The molecular formula is C11H12ClN3O2S2. The van der Waals surface area contributed by atoms with Crippen LogP contribution in [0.1, 0.15) is 9.88 Å². The SMILES string of the molecule is Cc1cnc(CNS(=O)(=O)c2cc(N)ccc2Cl)s1. The molecule has 2 rings (SSSR count). The largest absolute Gasteiger partial charge is 0.399 e. The number of benzene rings is 1. The average Bonchev–Trinajstić information content (AvgIpc) is 2.76. The molecule has 0 aliphatic rings. The molecule has 0 spiro atoms. The van der Waals surface area contributed by atoms with Crippen LogP contribution in [0.15, 0.2) is 29.3 Å². The number of nitrogens with one attached hydrogen (secondary N) is 1. The van der Waals surface area contributed by atoms with Crippen molar-refractivity contribution in [1.29, 1.82) is 0 Å². The fourth-order valence-corrected chi connectivity index (χ4v) is 3.78. The number of nitrogens with two attached hydrogens (primary N) is 1. The predicted molar refractivity (Wildman–Crippen MR) is 76.7 cm³/mol. The van der Waals surface area contributed by atoms with E-state index >= 15 is 0 Å². The molecule has 0 aliphatic carbocycles. The molecule has 1 aromatic heterocycles. The molecule has 0 aliphatic heterocycles. The minimum atomic E-state index is -3.70. The summed E-state index contributed by atoms with van der Waals surface area (Å²) in [5.41, 5.74) is 5.92. The van der Waals surface area contributed by atoms with Gasteiger partial charge in [-0.15, -0.1) is 11.3 Å². The van der Waals surface area contributed by atoms with Gasteiger partial charge in [0.15, 0.2) is 0 Å². The van der Waals surface area contributed by atoms with Crippen molar-refractivity contribution < 1.29 is 8.42 Å². The van der Waals surface area contributed by atoms with Gasteiger partial charge in [0.2, 0.25) is 10.0 Å². The lowest BCUT2D eigenvalue weighted by molar-refractivity contribution is 0.581. The van der Waals surface area contributed by atoms with Crippen molar-refractivity contribution in [3.63, 3.8) is 0 Å². The molecule has 3 N–H and O–H groups in total. The first-order chi connectivity index (χ1) is 8.88. The first-order valence-corrected chi connectivity index (χ1v) is 8.02. The van der Waals surface area contributed by atoms with Crippen LogP contribution in [0.3, 0.4) is 0 Å². The molecule has 0 bridgehead atoms. The number of aryl methyl sites for hydroxylation is 1. The first kappa shape index (κ1) is 14.3. The van der Waals surface area contributed by atoms with Crippen LogP contribution in [0.25, 0.3) is 0 Å². The van der Waals surface area contributed by atoms with E-state index in [1.807, 2.05) is 6.92 Å². The highest BCUT2D eigenvalue weighted by Gasteiger charge is 2.18. The standard InChI is InChI=1S/C11H12ClN3O2S2/c1-7-5-14-11(18-7)6-15-19(16,17)10-4-8(13)2-3-9(10)12/h2-5,15H,6,13H2,1H3. The Morgan fingerprint density at radius 3 is 2.84 bits per heavy atom. The van der Waals surface area contributed by atoms with Crippen molar-refractivity contribution in [3.8, 4) is 0 Å². The van der Waals surface area contributed by atoms with Crippen molar-refractivity contribution in [2.75, 3.05) is 5.73 Å². The zero-order valence-corrected chi connectivity index (χ0v) is 12.4. The van der Waals surface area contributed by atoms with Crippen LogP contribution in [0.4, 0.5) is 5.69 Å². The first-order valence-electron chi connectivity index (χ1n) is 5.34. The van der Waals surface area contributed by atoms with Gasteiger partial charge >= 0.3 is 0 Å². The third-order valence-electron chi connectivity index (χ3n) is 2.33. The number of rotatable bonds is 4. The molecule has 0 saturated heterocycles. The molecule has 1 heterocycles. The highest BCUT2D eigenvalue weighted by molar-refractivity contribution is 7.89. The maximum atomic E-state index is 12.1. The Bertz CT molecular complexity index is 698. The molecule has 2 aromatic rings. The van der Waals surface area contributed by atoms with Gasteiger partial charge < -0.3 is 5.73 Å². The molecule has 102 valence electrons. The number of halogens is 1. The highest BCUT2D eigenvalue weighted by atomic mass is 35.5. The number of hydrogen-bond donors (Lipinski definition) is 2. The summed E-state index contributed by atoms with van der Waals surface area (Å²) in [6.07, 6.45) is 1.70. The fraction of sp³-hybridized carbons (Fsp3) is 0.182. The third kappa shape index (κ3) is 3.44. The number of hydrogen-bond acceptors (Lipinski definition) is 5. The van der Waals surface area contributed by atoms with Crippen LogP contribution < -0.4 is 10.5 Å². The van der Waals surface area contributed by atoms with E-state index in [4.69, 9.17) is 17.3 Å². The Labute approximate surface area is 120 Å². The Hall–Kier alpha value is -1.15. The summed E-state index contributed by atoms with van der Waals surface area (Å²) >= 11 is 7.31. The minimum Gasteiger partial charge on any atom is -0.399 e. The topological polar surface area (TPSA) is 85.1 Å². The van der Waals surface area contributed by atoms with E-state index < -0.39 is 10.0 Å². The van der Waals surface area contributed by atoms with Gasteiger partial charge in [-0.05, 0) is 25.1 Å². The zero-order valence-electron chi connectivity index (χ0n) is 10.1. The Balaban J connectivity index is 2.20. The minimum absolute atomic E-state index is 0.0255.